The normalized spacial score (nSPS) is 10.8. The third kappa shape index (κ3) is 3.69. The zero-order chi connectivity index (χ0) is 21.3. The van der Waals surface area contributed by atoms with Crippen LogP contribution in [0.3, 0.4) is 0 Å². The fraction of sp³-hybridized carbons (Fsp3) is 0.190. The van der Waals surface area contributed by atoms with Crippen LogP contribution in [0.2, 0.25) is 0 Å². The van der Waals surface area contributed by atoms with E-state index < -0.39 is 5.82 Å². The molecule has 0 radical (unpaired) electrons. The number of anilines is 2. The zero-order valence-electron chi connectivity index (χ0n) is 17.0. The third-order valence-corrected chi connectivity index (χ3v) is 4.61. The number of hydrogen-bond acceptors (Lipinski definition) is 6. The van der Waals surface area contributed by atoms with Crippen LogP contribution in [0.25, 0.3) is 17.1 Å². The van der Waals surface area contributed by atoms with Gasteiger partial charge in [-0.3, -0.25) is 0 Å². The lowest BCUT2D eigenvalue weighted by atomic mass is 10.1. The number of halogens is 1. The molecule has 4 rings (SSSR count). The van der Waals surface area contributed by atoms with Crippen molar-refractivity contribution in [2.45, 2.75) is 6.92 Å². The fourth-order valence-corrected chi connectivity index (χ4v) is 3.04. The summed E-state index contributed by atoms with van der Waals surface area (Å²) in [6.07, 6.45) is 3.65. The van der Waals surface area contributed by atoms with Crippen molar-refractivity contribution in [1.82, 2.24) is 24.3 Å². The minimum Gasteiger partial charge on any atom is -0.497 e. The molecule has 0 atom stereocenters. The average molecular weight is 408 g/mol. The second kappa shape index (κ2) is 7.86. The third-order valence-electron chi connectivity index (χ3n) is 4.61. The highest BCUT2D eigenvalue weighted by Crippen LogP contribution is 2.30. The van der Waals surface area contributed by atoms with E-state index in [9.17, 15) is 4.39 Å². The molecule has 0 spiro atoms. The van der Waals surface area contributed by atoms with Gasteiger partial charge in [0.05, 0.1) is 37.6 Å². The van der Waals surface area contributed by atoms with Gasteiger partial charge in [-0.25, -0.2) is 14.1 Å². The van der Waals surface area contributed by atoms with Crippen LogP contribution in [-0.2, 0) is 7.05 Å². The van der Waals surface area contributed by atoms with Crippen LogP contribution in [0.1, 0.15) is 5.69 Å². The molecule has 2 aromatic heterocycles. The number of benzene rings is 2. The number of ether oxygens (including phenoxy) is 2. The Labute approximate surface area is 172 Å². The standard InChI is InChI=1S/C21H21FN6O2/c1-13-11-28(12-23-13)18-8-5-14(9-19(18)30-4)20-25-21(27(2)26-20)24-17-7-6-15(29-3)10-16(17)22/h5-12H,1-4H3,(H,24,25,26). The van der Waals surface area contributed by atoms with E-state index >= 15 is 0 Å². The number of rotatable bonds is 6. The van der Waals surface area contributed by atoms with Gasteiger partial charge in [0.2, 0.25) is 5.95 Å². The van der Waals surface area contributed by atoms with Crippen LogP contribution >= 0.6 is 0 Å². The van der Waals surface area contributed by atoms with Gasteiger partial charge in [-0.1, -0.05) is 0 Å². The molecule has 2 aromatic carbocycles. The molecule has 2 heterocycles. The Morgan fingerprint density at radius 1 is 1.07 bits per heavy atom. The Morgan fingerprint density at radius 2 is 1.90 bits per heavy atom. The van der Waals surface area contributed by atoms with Crippen molar-refractivity contribution >= 4 is 11.6 Å². The van der Waals surface area contributed by atoms with Crippen LogP contribution < -0.4 is 14.8 Å². The van der Waals surface area contributed by atoms with Crippen molar-refractivity contribution in [3.63, 3.8) is 0 Å². The van der Waals surface area contributed by atoms with Crippen molar-refractivity contribution in [3.8, 4) is 28.6 Å². The summed E-state index contributed by atoms with van der Waals surface area (Å²) in [5, 5.41) is 7.41. The quantitative estimate of drug-likeness (QED) is 0.522. The summed E-state index contributed by atoms with van der Waals surface area (Å²) >= 11 is 0. The van der Waals surface area contributed by atoms with Gasteiger partial charge in [0.25, 0.3) is 0 Å². The lowest BCUT2D eigenvalue weighted by Gasteiger charge is -2.10. The number of aromatic nitrogens is 5. The molecule has 30 heavy (non-hydrogen) atoms. The summed E-state index contributed by atoms with van der Waals surface area (Å²) in [5.41, 5.74) is 2.82. The molecule has 0 saturated carbocycles. The van der Waals surface area contributed by atoms with E-state index in [1.165, 1.54) is 13.2 Å². The smallest absolute Gasteiger partial charge is 0.226 e. The lowest BCUT2D eigenvalue weighted by Crippen LogP contribution is -2.02. The number of nitrogens with one attached hydrogen (secondary N) is 1. The van der Waals surface area contributed by atoms with Gasteiger partial charge in [-0.05, 0) is 37.3 Å². The van der Waals surface area contributed by atoms with E-state index in [0.717, 1.165) is 16.9 Å². The van der Waals surface area contributed by atoms with Gasteiger partial charge in [0.15, 0.2) is 5.82 Å². The highest BCUT2D eigenvalue weighted by atomic mass is 19.1. The topological polar surface area (TPSA) is 79.0 Å². The molecule has 0 unspecified atom stereocenters. The van der Waals surface area contributed by atoms with Gasteiger partial charge < -0.3 is 19.4 Å². The minimum absolute atomic E-state index is 0.279. The zero-order valence-corrected chi connectivity index (χ0v) is 17.0. The van der Waals surface area contributed by atoms with E-state index in [-0.39, 0.29) is 5.69 Å². The van der Waals surface area contributed by atoms with Gasteiger partial charge in [-0.2, -0.15) is 4.98 Å². The van der Waals surface area contributed by atoms with E-state index in [0.29, 0.717) is 23.3 Å². The van der Waals surface area contributed by atoms with E-state index in [1.54, 1.807) is 37.3 Å². The lowest BCUT2D eigenvalue weighted by molar-refractivity contribution is 0.411. The van der Waals surface area contributed by atoms with Crippen molar-refractivity contribution in [2.24, 2.45) is 7.05 Å². The molecule has 0 aliphatic heterocycles. The van der Waals surface area contributed by atoms with E-state index in [4.69, 9.17) is 9.47 Å². The Bertz CT molecular complexity index is 1200. The highest BCUT2D eigenvalue weighted by Gasteiger charge is 2.14. The summed E-state index contributed by atoms with van der Waals surface area (Å²) in [6.45, 7) is 1.93. The van der Waals surface area contributed by atoms with Crippen molar-refractivity contribution < 1.29 is 13.9 Å². The molecule has 0 bridgehead atoms. The van der Waals surface area contributed by atoms with Gasteiger partial charge in [0.1, 0.15) is 17.3 Å². The van der Waals surface area contributed by atoms with Crippen LogP contribution in [0.5, 0.6) is 11.5 Å². The van der Waals surface area contributed by atoms with Crippen LogP contribution in [0, 0.1) is 12.7 Å². The molecule has 0 aliphatic carbocycles. The molecule has 0 aliphatic rings. The van der Waals surface area contributed by atoms with Gasteiger partial charge in [0, 0.05) is 24.9 Å². The monoisotopic (exact) mass is 408 g/mol. The largest absolute Gasteiger partial charge is 0.497 e. The first-order chi connectivity index (χ1) is 14.5. The number of methoxy groups -OCH3 is 2. The van der Waals surface area contributed by atoms with E-state index in [1.807, 2.05) is 35.9 Å². The fourth-order valence-electron chi connectivity index (χ4n) is 3.04. The summed E-state index contributed by atoms with van der Waals surface area (Å²) in [5.74, 6) is 1.55. The molecule has 9 heteroatoms. The first-order valence-corrected chi connectivity index (χ1v) is 9.19. The maximum atomic E-state index is 14.3. The molecule has 0 amide bonds. The van der Waals surface area contributed by atoms with Crippen LogP contribution in [-0.4, -0.2) is 38.5 Å². The molecular formula is C21H21FN6O2. The SMILES string of the molecule is COc1ccc(Nc2nc(-c3ccc(-n4cnc(C)c4)c(OC)c3)nn2C)c(F)c1. The Morgan fingerprint density at radius 3 is 2.57 bits per heavy atom. The molecule has 0 fully saturated rings. The van der Waals surface area contributed by atoms with Crippen molar-refractivity contribution in [3.05, 3.63) is 60.4 Å². The first kappa shape index (κ1) is 19.4. The summed E-state index contributed by atoms with van der Waals surface area (Å²) in [7, 11) is 4.84. The predicted octanol–water partition coefficient (Wildman–Crippen LogP) is 3.88. The Kier molecular flexibility index (Phi) is 5.09. The predicted molar refractivity (Wildman–Crippen MR) is 111 cm³/mol. The molecule has 1 N–H and O–H groups in total. The maximum Gasteiger partial charge on any atom is 0.226 e. The van der Waals surface area contributed by atoms with Crippen molar-refractivity contribution in [1.29, 1.82) is 0 Å². The Balaban J connectivity index is 1.64. The number of hydrogen-bond donors (Lipinski definition) is 1. The number of imidazole rings is 1. The second-order valence-corrected chi connectivity index (χ2v) is 6.66. The number of aryl methyl sites for hydroxylation is 2. The van der Waals surface area contributed by atoms with Gasteiger partial charge >= 0.3 is 0 Å². The van der Waals surface area contributed by atoms with Crippen molar-refractivity contribution in [2.75, 3.05) is 19.5 Å². The highest BCUT2D eigenvalue weighted by molar-refractivity contribution is 5.65. The summed E-state index contributed by atoms with van der Waals surface area (Å²) in [4.78, 5) is 8.76. The second-order valence-electron chi connectivity index (χ2n) is 6.66. The van der Waals surface area contributed by atoms with E-state index in [2.05, 4.69) is 20.4 Å². The maximum absolute atomic E-state index is 14.3. The van der Waals surface area contributed by atoms with Gasteiger partial charge in [-0.15, -0.1) is 5.10 Å². The number of nitrogens with zero attached hydrogens (tertiary/aromatic N) is 5. The molecular weight excluding hydrogens is 387 g/mol. The summed E-state index contributed by atoms with van der Waals surface area (Å²) in [6, 6.07) is 10.2. The average Bonchev–Trinajstić information content (AvgIpc) is 3.34. The summed E-state index contributed by atoms with van der Waals surface area (Å²) < 4.78 is 28.3. The van der Waals surface area contributed by atoms with Crippen LogP contribution in [0.15, 0.2) is 48.9 Å². The molecule has 154 valence electrons. The minimum atomic E-state index is -0.444. The molecule has 8 nitrogen and oxygen atoms in total. The molecule has 4 aromatic rings. The first-order valence-electron chi connectivity index (χ1n) is 9.19. The molecule has 0 saturated heterocycles. The Hall–Kier alpha value is -3.88. The van der Waals surface area contributed by atoms with Crippen LogP contribution in [0.4, 0.5) is 16.0 Å².